The number of esters is 3. The number of hydrogen-bond donors (Lipinski definition) is 0. The van der Waals surface area contributed by atoms with Crippen LogP contribution in [0.4, 0.5) is 0 Å². The first-order valence-electron chi connectivity index (χ1n) is 34.7. The van der Waals surface area contributed by atoms with Crippen molar-refractivity contribution in [1.82, 2.24) is 0 Å². The van der Waals surface area contributed by atoms with Gasteiger partial charge in [0.25, 0.3) is 0 Å². The second-order valence-electron chi connectivity index (χ2n) is 23.0. The lowest BCUT2D eigenvalue weighted by atomic mass is 10.0. The van der Waals surface area contributed by atoms with Crippen LogP contribution in [0, 0.1) is 0 Å². The van der Waals surface area contributed by atoms with Crippen molar-refractivity contribution >= 4 is 17.9 Å². The monoisotopic (exact) mass is 1130 g/mol. The molecular weight excluding hydrogens is 997 g/mol. The molecule has 0 N–H and O–H groups in total. The van der Waals surface area contributed by atoms with E-state index in [1.54, 1.807) is 0 Å². The highest BCUT2D eigenvalue weighted by Gasteiger charge is 2.19. The van der Waals surface area contributed by atoms with Crippen LogP contribution < -0.4 is 0 Å². The minimum Gasteiger partial charge on any atom is -0.462 e. The van der Waals surface area contributed by atoms with Gasteiger partial charge < -0.3 is 14.2 Å². The van der Waals surface area contributed by atoms with Gasteiger partial charge in [-0.3, -0.25) is 14.4 Å². The van der Waals surface area contributed by atoms with Gasteiger partial charge in [-0.2, -0.15) is 0 Å². The molecule has 1 unspecified atom stereocenters. The second-order valence-corrected chi connectivity index (χ2v) is 23.0. The Bertz CT molecular complexity index is 1580. The first-order valence-corrected chi connectivity index (χ1v) is 34.7. The summed E-state index contributed by atoms with van der Waals surface area (Å²) in [5.41, 5.74) is 0. The van der Waals surface area contributed by atoms with E-state index >= 15 is 0 Å². The average Bonchev–Trinajstić information content (AvgIpc) is 3.47. The number of ether oxygens (including phenoxy) is 3. The molecule has 0 aliphatic heterocycles. The highest BCUT2D eigenvalue weighted by molar-refractivity contribution is 5.71. The Morgan fingerprint density at radius 1 is 0.259 bits per heavy atom. The minimum atomic E-state index is -0.793. The van der Waals surface area contributed by atoms with Crippen LogP contribution >= 0.6 is 0 Å². The van der Waals surface area contributed by atoms with Gasteiger partial charge in [0.05, 0.1) is 0 Å². The summed E-state index contributed by atoms with van der Waals surface area (Å²) in [6, 6.07) is 0. The lowest BCUT2D eigenvalue weighted by Gasteiger charge is -2.18. The van der Waals surface area contributed by atoms with Crippen LogP contribution in [-0.2, 0) is 28.6 Å². The average molecular weight is 1130 g/mol. The molecule has 466 valence electrons. The molecule has 0 aliphatic rings. The molecule has 0 fully saturated rings. The van der Waals surface area contributed by atoms with Crippen LogP contribution in [0.15, 0.2) is 97.2 Å². The third kappa shape index (κ3) is 67.0. The second kappa shape index (κ2) is 68.8. The summed E-state index contributed by atoms with van der Waals surface area (Å²) in [5.74, 6) is -0.898. The van der Waals surface area contributed by atoms with Crippen LogP contribution in [0.2, 0.25) is 0 Å². The molecule has 0 saturated carbocycles. The van der Waals surface area contributed by atoms with Crippen LogP contribution in [0.1, 0.15) is 342 Å². The van der Waals surface area contributed by atoms with E-state index in [0.29, 0.717) is 19.3 Å². The fraction of sp³-hybridized carbons (Fsp3) is 0.747. The van der Waals surface area contributed by atoms with Gasteiger partial charge >= 0.3 is 17.9 Å². The smallest absolute Gasteiger partial charge is 0.306 e. The SMILES string of the molecule is CC/C=C\C/C=C\C/C=C\C/C=C\CCCCCCCCC(=O)OCC(COC(=O)CCCCCCCCCCCCCCCCCCCCCCCCCCC)OC(=O)CCCCCCCC/C=C\C/C=C\C/C=C\C/C=C\CC. The molecule has 0 amide bonds. The topological polar surface area (TPSA) is 78.9 Å². The van der Waals surface area contributed by atoms with Gasteiger partial charge in [0.2, 0.25) is 0 Å². The number of unbranched alkanes of at least 4 members (excludes halogenated alkanes) is 36. The van der Waals surface area contributed by atoms with Crippen LogP contribution in [0.25, 0.3) is 0 Å². The molecule has 0 rings (SSSR count). The molecule has 1 atom stereocenters. The Balaban J connectivity index is 4.36. The van der Waals surface area contributed by atoms with E-state index in [1.807, 2.05) is 0 Å². The van der Waals surface area contributed by atoms with Gasteiger partial charge in [-0.25, -0.2) is 0 Å². The zero-order valence-electron chi connectivity index (χ0n) is 53.5. The third-order valence-corrected chi connectivity index (χ3v) is 15.1. The summed E-state index contributed by atoms with van der Waals surface area (Å²) < 4.78 is 17.0. The zero-order chi connectivity index (χ0) is 58.5. The molecule has 0 spiro atoms. The maximum atomic E-state index is 12.9. The van der Waals surface area contributed by atoms with Crippen molar-refractivity contribution in [2.45, 2.75) is 348 Å². The zero-order valence-corrected chi connectivity index (χ0v) is 53.5. The van der Waals surface area contributed by atoms with Crippen molar-refractivity contribution in [2.24, 2.45) is 0 Å². The van der Waals surface area contributed by atoms with Crippen LogP contribution in [-0.4, -0.2) is 37.2 Å². The van der Waals surface area contributed by atoms with Crippen LogP contribution in [0.5, 0.6) is 0 Å². The first kappa shape index (κ1) is 77.3. The number of hydrogen-bond acceptors (Lipinski definition) is 6. The number of carbonyl (C=O) groups excluding carboxylic acids is 3. The van der Waals surface area contributed by atoms with E-state index in [4.69, 9.17) is 14.2 Å². The molecule has 0 aromatic rings. The van der Waals surface area contributed by atoms with E-state index in [2.05, 4.69) is 118 Å². The van der Waals surface area contributed by atoms with E-state index in [-0.39, 0.29) is 31.1 Å². The largest absolute Gasteiger partial charge is 0.462 e. The van der Waals surface area contributed by atoms with Gasteiger partial charge in [0, 0.05) is 19.3 Å². The normalized spacial score (nSPS) is 12.7. The summed E-state index contributed by atoms with van der Waals surface area (Å²) in [7, 11) is 0. The molecule has 0 heterocycles. The van der Waals surface area contributed by atoms with Gasteiger partial charge in [0.1, 0.15) is 13.2 Å². The molecule has 0 aliphatic carbocycles. The summed E-state index contributed by atoms with van der Waals surface area (Å²) in [6.45, 7) is 6.44. The van der Waals surface area contributed by atoms with Gasteiger partial charge in [-0.15, -0.1) is 0 Å². The summed E-state index contributed by atoms with van der Waals surface area (Å²) in [4.78, 5) is 38.5. The Hall–Kier alpha value is -3.67. The summed E-state index contributed by atoms with van der Waals surface area (Å²) >= 11 is 0. The summed E-state index contributed by atoms with van der Waals surface area (Å²) in [6.07, 6.45) is 92.9. The van der Waals surface area contributed by atoms with Crippen molar-refractivity contribution < 1.29 is 28.6 Å². The maximum Gasteiger partial charge on any atom is 0.306 e. The Labute approximate surface area is 502 Å². The summed E-state index contributed by atoms with van der Waals surface area (Å²) in [5, 5.41) is 0. The molecule has 0 aromatic carbocycles. The van der Waals surface area contributed by atoms with Crippen LogP contribution in [0.3, 0.4) is 0 Å². The van der Waals surface area contributed by atoms with Gasteiger partial charge in [0.15, 0.2) is 6.10 Å². The lowest BCUT2D eigenvalue weighted by Crippen LogP contribution is -2.30. The van der Waals surface area contributed by atoms with Crippen molar-refractivity contribution in [3.05, 3.63) is 97.2 Å². The number of rotatable bonds is 63. The Morgan fingerprint density at radius 2 is 0.481 bits per heavy atom. The highest BCUT2D eigenvalue weighted by Crippen LogP contribution is 2.18. The fourth-order valence-electron chi connectivity index (χ4n) is 9.96. The molecule has 6 heteroatoms. The van der Waals surface area contributed by atoms with Gasteiger partial charge in [-0.05, 0) is 96.3 Å². The molecule has 6 nitrogen and oxygen atoms in total. The van der Waals surface area contributed by atoms with E-state index in [9.17, 15) is 14.4 Å². The highest BCUT2D eigenvalue weighted by atomic mass is 16.6. The maximum absolute atomic E-state index is 12.9. The molecule has 81 heavy (non-hydrogen) atoms. The number of allylic oxidation sites excluding steroid dienone is 16. The predicted octanol–water partition coefficient (Wildman–Crippen LogP) is 24.0. The fourth-order valence-corrected chi connectivity index (χ4v) is 9.96. The van der Waals surface area contributed by atoms with E-state index in [0.717, 1.165) is 135 Å². The van der Waals surface area contributed by atoms with Gasteiger partial charge in [-0.1, -0.05) is 323 Å². The van der Waals surface area contributed by atoms with Crippen molar-refractivity contribution in [3.63, 3.8) is 0 Å². The first-order chi connectivity index (χ1) is 40.0. The molecule has 0 aromatic heterocycles. The van der Waals surface area contributed by atoms with Crippen molar-refractivity contribution in [1.29, 1.82) is 0 Å². The Morgan fingerprint density at radius 3 is 0.753 bits per heavy atom. The third-order valence-electron chi connectivity index (χ3n) is 15.1. The van der Waals surface area contributed by atoms with Crippen molar-refractivity contribution in [2.75, 3.05) is 13.2 Å². The molecule has 0 radical (unpaired) electrons. The quantitative estimate of drug-likeness (QED) is 0.0261. The predicted molar refractivity (Wildman–Crippen MR) is 353 cm³/mol. The molecular formula is C75H130O6. The van der Waals surface area contributed by atoms with E-state index < -0.39 is 6.10 Å². The Kier molecular flexibility index (Phi) is 65.7. The number of carbonyl (C=O) groups is 3. The molecule has 0 saturated heterocycles. The lowest BCUT2D eigenvalue weighted by molar-refractivity contribution is -0.167. The standard InChI is InChI=1S/C75H130O6/c1-4-7-10-13-16-19-22-25-28-31-34-35-36-37-38-39-42-44-47-50-53-56-59-62-65-68-74(77)80-71-72(81-75(78)69-66-63-60-57-54-51-48-45-41-33-30-27-24-21-18-15-12-9-6-3)70-79-73(76)67-64-61-58-55-52-49-46-43-40-32-29-26-23-20-17-14-11-8-5-2/h8-9,11-12,17-18,20-21,26-27,29-30,40-41,43,45,72H,4-7,10,13-16,19,22-25,28,31-39,42,44,46-71H2,1-3H3/b11-8-,12-9-,20-17-,21-18-,29-26-,30-27-,43-40-,45-41-. The molecule has 0 bridgehead atoms. The van der Waals surface area contributed by atoms with E-state index in [1.165, 1.54) is 167 Å². The van der Waals surface area contributed by atoms with Crippen molar-refractivity contribution in [3.8, 4) is 0 Å². The minimum absolute atomic E-state index is 0.0858.